The highest BCUT2D eigenvalue weighted by molar-refractivity contribution is 6.07. The van der Waals surface area contributed by atoms with Gasteiger partial charge < -0.3 is 23.9 Å². The van der Waals surface area contributed by atoms with Crippen LogP contribution in [0.4, 0.5) is 22.1 Å². The van der Waals surface area contributed by atoms with Gasteiger partial charge in [-0.05, 0) is 61.9 Å². The highest BCUT2D eigenvalue weighted by atomic mass is 16.5. The Morgan fingerprint density at radius 1 is 1.11 bits per heavy atom. The molecule has 2 amide bonds. The molecule has 0 radical (unpaired) electrons. The summed E-state index contributed by atoms with van der Waals surface area (Å²) in [5.74, 6) is 0.711. The van der Waals surface area contributed by atoms with Gasteiger partial charge in [-0.3, -0.25) is 19.8 Å². The van der Waals surface area contributed by atoms with E-state index in [-0.39, 0.29) is 30.7 Å². The lowest BCUT2D eigenvalue weighted by Gasteiger charge is -2.21. The van der Waals surface area contributed by atoms with E-state index in [0.29, 0.717) is 40.9 Å². The zero-order chi connectivity index (χ0) is 31.2. The van der Waals surface area contributed by atoms with E-state index in [0.717, 1.165) is 17.0 Å². The van der Waals surface area contributed by atoms with Gasteiger partial charge in [-0.2, -0.15) is 0 Å². The fourth-order valence-corrected chi connectivity index (χ4v) is 4.79. The first-order valence-corrected chi connectivity index (χ1v) is 14.1. The van der Waals surface area contributed by atoms with Gasteiger partial charge in [-0.1, -0.05) is 18.1 Å². The topological polar surface area (TPSA) is 154 Å². The smallest absolute Gasteiger partial charge is 0.412 e. The number of carbonyl (C=O) groups is 3. The van der Waals surface area contributed by atoms with Gasteiger partial charge in [0.15, 0.2) is 11.4 Å². The number of benzene rings is 2. The Bertz CT molecular complexity index is 1800. The third-order valence-electron chi connectivity index (χ3n) is 7.00. The molecule has 0 aliphatic rings. The van der Waals surface area contributed by atoms with Gasteiger partial charge in [0.2, 0.25) is 0 Å². The van der Waals surface area contributed by atoms with Crippen LogP contribution in [0.3, 0.4) is 0 Å². The van der Waals surface area contributed by atoms with Crippen molar-refractivity contribution < 1.29 is 28.4 Å². The predicted molar refractivity (Wildman–Crippen MR) is 165 cm³/mol. The summed E-state index contributed by atoms with van der Waals surface area (Å²) in [5, 5.41) is 10.6. The molecule has 0 aliphatic carbocycles. The van der Waals surface area contributed by atoms with E-state index < -0.39 is 12.1 Å². The molecule has 3 aromatic heterocycles. The second-order valence-corrected chi connectivity index (χ2v) is 10.1. The van der Waals surface area contributed by atoms with E-state index in [1.165, 1.54) is 12.0 Å². The van der Waals surface area contributed by atoms with Gasteiger partial charge in [0.1, 0.15) is 11.6 Å². The molecule has 13 nitrogen and oxygen atoms in total. The Balaban J connectivity index is 1.37. The second kappa shape index (κ2) is 13.2. The zero-order valence-electron chi connectivity index (χ0n) is 24.9. The number of pyridine rings is 1. The first-order valence-electron chi connectivity index (χ1n) is 14.1. The lowest BCUT2D eigenvalue weighted by molar-refractivity contribution is -0.140. The molecule has 0 saturated heterocycles. The molecule has 1 unspecified atom stereocenters. The summed E-state index contributed by atoms with van der Waals surface area (Å²) < 4.78 is 17.2. The van der Waals surface area contributed by atoms with Crippen LogP contribution < -0.4 is 15.5 Å². The van der Waals surface area contributed by atoms with Gasteiger partial charge in [0.25, 0.3) is 5.91 Å². The summed E-state index contributed by atoms with van der Waals surface area (Å²) in [7, 11) is 3.22. The molecule has 0 bridgehead atoms. The van der Waals surface area contributed by atoms with Crippen molar-refractivity contribution in [3.8, 4) is 0 Å². The van der Waals surface area contributed by atoms with Crippen LogP contribution in [0.25, 0.3) is 22.0 Å². The van der Waals surface area contributed by atoms with Crippen LogP contribution in [-0.2, 0) is 21.3 Å². The molecule has 0 fully saturated rings. The Kier molecular flexibility index (Phi) is 9.03. The number of nitrogens with one attached hydrogen (secondary N) is 2. The molecular weight excluding hydrogens is 566 g/mol. The molecule has 1 atom stereocenters. The number of amides is 2. The number of ether oxygens (including phenoxy) is 2. The first kappa shape index (κ1) is 30.0. The summed E-state index contributed by atoms with van der Waals surface area (Å²) in [6, 6.07) is 15.8. The fraction of sp³-hybridized carbons (Fsp3) is 0.290. The average molecular weight is 600 g/mol. The number of esters is 1. The molecule has 228 valence electrons. The molecule has 5 aromatic rings. The number of anilines is 3. The molecule has 0 saturated carbocycles. The molecule has 13 heteroatoms. The maximum atomic E-state index is 13.6. The summed E-state index contributed by atoms with van der Waals surface area (Å²) in [5.41, 5.74) is 3.17. The number of rotatable bonds is 11. The number of imidazole rings is 1. The highest BCUT2D eigenvalue weighted by Crippen LogP contribution is 2.29. The van der Waals surface area contributed by atoms with E-state index in [1.54, 1.807) is 42.6 Å². The van der Waals surface area contributed by atoms with Crippen molar-refractivity contribution >= 4 is 57.3 Å². The third kappa shape index (κ3) is 6.46. The van der Waals surface area contributed by atoms with Crippen LogP contribution >= 0.6 is 0 Å². The highest BCUT2D eigenvalue weighted by Gasteiger charge is 2.22. The maximum absolute atomic E-state index is 13.6. The minimum absolute atomic E-state index is 0.0269. The van der Waals surface area contributed by atoms with Crippen molar-refractivity contribution in [1.82, 2.24) is 19.7 Å². The Hall–Kier alpha value is -5.46. The quantitative estimate of drug-likeness (QED) is 0.187. The molecule has 3 heterocycles. The monoisotopic (exact) mass is 599 g/mol. The number of aryl methyl sites for hydroxylation is 1. The Morgan fingerprint density at radius 3 is 2.70 bits per heavy atom. The number of methoxy groups -OCH3 is 1. The van der Waals surface area contributed by atoms with Crippen LogP contribution in [-0.4, -0.2) is 57.9 Å². The van der Waals surface area contributed by atoms with E-state index in [4.69, 9.17) is 19.0 Å². The summed E-state index contributed by atoms with van der Waals surface area (Å²) in [6.07, 6.45) is 1.73. The van der Waals surface area contributed by atoms with E-state index >= 15 is 0 Å². The summed E-state index contributed by atoms with van der Waals surface area (Å²) >= 11 is 0. The van der Waals surface area contributed by atoms with Crippen molar-refractivity contribution in [2.75, 3.05) is 35.8 Å². The van der Waals surface area contributed by atoms with E-state index in [9.17, 15) is 14.4 Å². The van der Waals surface area contributed by atoms with Gasteiger partial charge in [0.05, 0.1) is 42.6 Å². The van der Waals surface area contributed by atoms with E-state index in [2.05, 4.69) is 20.8 Å². The number of hydrogen-bond donors (Lipinski definition) is 2. The van der Waals surface area contributed by atoms with Gasteiger partial charge in [-0.25, -0.2) is 14.8 Å². The lowest BCUT2D eigenvalue weighted by Crippen LogP contribution is -2.33. The molecule has 0 aliphatic heterocycles. The summed E-state index contributed by atoms with van der Waals surface area (Å²) in [6.45, 7) is 4.30. The SMILES string of the molecule is CCCOC(=O)Nc1noc2ccc(NC(C)c3nc4cc(C(=O)N(CCC(=O)OC)c5ccccn5)ccc4n3C)cc12. The maximum Gasteiger partial charge on any atom is 0.412 e. The molecular formula is C31H33N7O6. The number of fused-ring (bicyclic) bond motifs is 2. The van der Waals surface area contributed by atoms with Crippen LogP contribution in [0.2, 0.25) is 0 Å². The van der Waals surface area contributed by atoms with E-state index in [1.807, 2.05) is 43.7 Å². The van der Waals surface area contributed by atoms with Gasteiger partial charge in [-0.15, -0.1) is 0 Å². The molecule has 2 N–H and O–H groups in total. The van der Waals surface area contributed by atoms with Crippen molar-refractivity contribution in [2.45, 2.75) is 32.7 Å². The molecule has 0 spiro atoms. The predicted octanol–water partition coefficient (Wildman–Crippen LogP) is 5.45. The van der Waals surface area contributed by atoms with Gasteiger partial charge in [0, 0.05) is 31.0 Å². The minimum Gasteiger partial charge on any atom is -0.469 e. The normalized spacial score (nSPS) is 11.7. The zero-order valence-corrected chi connectivity index (χ0v) is 24.9. The number of nitrogens with zero attached hydrogens (tertiary/aromatic N) is 5. The van der Waals surface area contributed by atoms with Crippen molar-refractivity contribution in [3.63, 3.8) is 0 Å². The number of carbonyl (C=O) groups excluding carboxylic acids is 3. The Labute approximate surface area is 253 Å². The third-order valence-corrected chi connectivity index (χ3v) is 7.00. The standard InChI is InChI=1S/C31H33N7O6/c1-5-16-43-31(41)35-28-22-18-21(10-12-25(22)44-36-28)33-19(2)29-34-23-17-20(9-11-24(23)37(29)3)30(40)38(15-13-27(39)42-4)26-8-6-7-14-32-26/h6-12,14,17-19,33H,5,13,15-16H2,1-4H3,(H,35,36,41). The summed E-state index contributed by atoms with van der Waals surface area (Å²) in [4.78, 5) is 48.1. The average Bonchev–Trinajstić information content (AvgIpc) is 3.59. The van der Waals surface area contributed by atoms with Crippen molar-refractivity contribution in [1.29, 1.82) is 0 Å². The fourth-order valence-electron chi connectivity index (χ4n) is 4.79. The minimum atomic E-state index is -0.599. The van der Waals surface area contributed by atoms with Crippen LogP contribution in [0, 0.1) is 0 Å². The lowest BCUT2D eigenvalue weighted by atomic mass is 10.1. The van der Waals surface area contributed by atoms with Crippen LogP contribution in [0.5, 0.6) is 0 Å². The number of hydrogen-bond acceptors (Lipinski definition) is 10. The van der Waals surface area contributed by atoms with Crippen molar-refractivity contribution in [2.24, 2.45) is 7.05 Å². The van der Waals surface area contributed by atoms with Gasteiger partial charge >= 0.3 is 12.1 Å². The Morgan fingerprint density at radius 2 is 1.95 bits per heavy atom. The van der Waals surface area contributed by atoms with Crippen LogP contribution in [0.15, 0.2) is 65.3 Å². The number of aromatic nitrogens is 4. The van der Waals surface area contributed by atoms with Crippen molar-refractivity contribution in [3.05, 3.63) is 72.2 Å². The van der Waals surface area contributed by atoms with Crippen LogP contribution in [0.1, 0.15) is 48.9 Å². The molecule has 44 heavy (non-hydrogen) atoms. The molecule has 5 rings (SSSR count). The molecule has 2 aromatic carbocycles. The second-order valence-electron chi connectivity index (χ2n) is 10.1. The first-order chi connectivity index (χ1) is 21.3. The largest absolute Gasteiger partial charge is 0.469 e.